The maximum atomic E-state index is 14.6. The zero-order chi connectivity index (χ0) is 45.4. The molecular weight excluding hydrogens is 824 g/mol. The number of fused-ring (bicyclic) bond motifs is 3. The largest absolute Gasteiger partial charge is 0.453 e. The molecule has 9 heteroatoms. The summed E-state index contributed by atoms with van der Waals surface area (Å²) in [5, 5.41) is 2.78. The molecule has 0 unspecified atom stereocenters. The molecule has 1 amide bonds. The van der Waals surface area contributed by atoms with Crippen molar-refractivity contribution in [1.82, 2.24) is 5.32 Å². The van der Waals surface area contributed by atoms with Gasteiger partial charge in [0, 0.05) is 5.92 Å². The van der Waals surface area contributed by atoms with Crippen LogP contribution in [0.3, 0.4) is 0 Å². The van der Waals surface area contributed by atoms with Gasteiger partial charge >= 0.3 is 18.2 Å². The lowest BCUT2D eigenvalue weighted by Crippen LogP contribution is -2.49. The van der Waals surface area contributed by atoms with Crippen LogP contribution < -0.4 is 5.32 Å². The van der Waals surface area contributed by atoms with Crippen LogP contribution in [0, 0.1) is 0 Å². The van der Waals surface area contributed by atoms with Gasteiger partial charge in [0.2, 0.25) is 0 Å². The topological polar surface area (TPSA) is 73.9 Å². The van der Waals surface area contributed by atoms with Crippen molar-refractivity contribution in [2.24, 2.45) is 0 Å². The minimum atomic E-state index is -4.53. The molecule has 8 rings (SSSR count). The fourth-order valence-corrected chi connectivity index (χ4v) is 9.65. The van der Waals surface area contributed by atoms with E-state index in [9.17, 15) is 22.8 Å². The van der Waals surface area contributed by atoms with Crippen LogP contribution in [0.2, 0.25) is 0 Å². The van der Waals surface area contributed by atoms with E-state index in [0.717, 1.165) is 63.9 Å². The number of benzene rings is 6. The summed E-state index contributed by atoms with van der Waals surface area (Å²) in [6.45, 7) is 2.83. The fraction of sp³-hybridized carbons (Fsp3) is 0.321. The standard InChI is InChI=1S/C56H56F3NO5/c1-54(2,41-33-35-45(36-34-41)56(57,58)59)65-52(61)51(60-53(62)63-37-50-48-27-17-15-25-46(48)47-26-16-18-28-49(47)50)38-64-55(42-21-11-7-12-22-42,43-23-13-8-14-24-43)44-31-29-40(30-32-44)39-19-9-5-3-4-6-10-20-39/h7-8,11-18,21-36,39,50-51H,3-6,9-10,19-20,37-38H2,1-2H3,(H,60,62)/t51-/m0/s1. The zero-order valence-corrected chi connectivity index (χ0v) is 37.0. The minimum Gasteiger partial charge on any atom is -0.453 e. The van der Waals surface area contributed by atoms with Crippen LogP contribution in [0.1, 0.15) is 122 Å². The highest BCUT2D eigenvalue weighted by Gasteiger charge is 2.41. The molecule has 0 bridgehead atoms. The Hall–Kier alpha value is -6.19. The van der Waals surface area contributed by atoms with Crippen LogP contribution >= 0.6 is 0 Å². The molecular formula is C56H56F3NO5. The number of halogens is 3. The normalized spacial score (nSPS) is 15.4. The maximum Gasteiger partial charge on any atom is 0.416 e. The number of carbonyl (C=O) groups excluding carboxylic acids is 2. The van der Waals surface area contributed by atoms with Crippen molar-refractivity contribution in [3.63, 3.8) is 0 Å². The third-order valence-electron chi connectivity index (χ3n) is 13.2. The van der Waals surface area contributed by atoms with Crippen molar-refractivity contribution in [1.29, 1.82) is 0 Å². The summed E-state index contributed by atoms with van der Waals surface area (Å²) in [6.07, 6.45) is 4.40. The second-order valence-corrected chi connectivity index (χ2v) is 17.8. The Morgan fingerprint density at radius 3 is 1.58 bits per heavy atom. The van der Waals surface area contributed by atoms with Crippen molar-refractivity contribution in [3.8, 4) is 11.1 Å². The first-order valence-electron chi connectivity index (χ1n) is 22.8. The number of carbonyl (C=O) groups is 2. The predicted octanol–water partition coefficient (Wildman–Crippen LogP) is 13.6. The van der Waals surface area contributed by atoms with Gasteiger partial charge in [0.25, 0.3) is 0 Å². The zero-order valence-electron chi connectivity index (χ0n) is 37.0. The molecule has 0 aliphatic heterocycles. The summed E-state index contributed by atoms with van der Waals surface area (Å²) in [4.78, 5) is 28.5. The van der Waals surface area contributed by atoms with Crippen molar-refractivity contribution < 1.29 is 37.0 Å². The number of amides is 1. The van der Waals surface area contributed by atoms with Gasteiger partial charge in [-0.25, -0.2) is 9.59 Å². The Morgan fingerprint density at radius 1 is 0.585 bits per heavy atom. The fourth-order valence-electron chi connectivity index (χ4n) is 9.65. The Labute approximate surface area is 380 Å². The molecule has 6 nitrogen and oxygen atoms in total. The molecule has 0 radical (unpaired) electrons. The van der Waals surface area contributed by atoms with Gasteiger partial charge in [-0.3, -0.25) is 0 Å². The first kappa shape index (κ1) is 45.4. The van der Waals surface area contributed by atoms with Gasteiger partial charge in [-0.05, 0) is 94.8 Å². The van der Waals surface area contributed by atoms with Gasteiger partial charge in [-0.15, -0.1) is 0 Å². The average molecular weight is 880 g/mol. The van der Waals surface area contributed by atoms with Crippen LogP contribution in [0.15, 0.2) is 158 Å². The number of alkyl halides is 3. The highest BCUT2D eigenvalue weighted by atomic mass is 19.4. The molecule has 65 heavy (non-hydrogen) atoms. The van der Waals surface area contributed by atoms with E-state index in [0.29, 0.717) is 11.5 Å². The number of ether oxygens (including phenoxy) is 3. The molecule has 336 valence electrons. The van der Waals surface area contributed by atoms with Crippen LogP contribution in [0.25, 0.3) is 11.1 Å². The van der Waals surface area contributed by atoms with E-state index in [1.165, 1.54) is 56.2 Å². The highest BCUT2D eigenvalue weighted by molar-refractivity contribution is 5.82. The summed E-state index contributed by atoms with van der Waals surface area (Å²) in [5.74, 6) is -0.625. The molecule has 0 aromatic heterocycles. The lowest BCUT2D eigenvalue weighted by Gasteiger charge is -2.37. The molecule has 6 aromatic carbocycles. The van der Waals surface area contributed by atoms with E-state index in [-0.39, 0.29) is 19.1 Å². The SMILES string of the molecule is CC(C)(OC(=O)[C@H](COC(c1ccccc1)(c1ccccc1)c1ccc(C2CCCCCCCC2)cc1)NC(=O)OCC1c2ccccc2-c2ccccc21)c1ccc(C(F)(F)F)cc1. The second-order valence-electron chi connectivity index (χ2n) is 17.8. The first-order chi connectivity index (χ1) is 31.4. The molecule has 1 N–H and O–H groups in total. The maximum absolute atomic E-state index is 14.6. The molecule has 1 atom stereocenters. The highest BCUT2D eigenvalue weighted by Crippen LogP contribution is 2.45. The van der Waals surface area contributed by atoms with E-state index >= 15 is 0 Å². The third-order valence-corrected chi connectivity index (χ3v) is 13.2. The quantitative estimate of drug-likeness (QED) is 0.0924. The van der Waals surface area contributed by atoms with Gasteiger partial charge in [0.15, 0.2) is 6.04 Å². The molecule has 1 saturated carbocycles. The average Bonchev–Trinajstić information content (AvgIpc) is 3.71. The van der Waals surface area contributed by atoms with Crippen LogP contribution in [0.4, 0.5) is 18.0 Å². The first-order valence-corrected chi connectivity index (χ1v) is 22.8. The van der Waals surface area contributed by atoms with Gasteiger partial charge in [-0.2, -0.15) is 13.2 Å². The summed E-state index contributed by atoms with van der Waals surface area (Å²) >= 11 is 0. The molecule has 0 spiro atoms. The van der Waals surface area contributed by atoms with Crippen molar-refractivity contribution >= 4 is 12.1 Å². The molecule has 0 saturated heterocycles. The number of hydrogen-bond acceptors (Lipinski definition) is 5. The van der Waals surface area contributed by atoms with Crippen LogP contribution in [-0.2, 0) is 36.4 Å². The summed E-state index contributed by atoms with van der Waals surface area (Å²) < 4.78 is 59.7. The molecule has 2 aliphatic carbocycles. The summed E-state index contributed by atoms with van der Waals surface area (Å²) in [6, 6.07) is 47.3. The third kappa shape index (κ3) is 10.2. The lowest BCUT2D eigenvalue weighted by atomic mass is 9.79. The minimum absolute atomic E-state index is 0.00480. The van der Waals surface area contributed by atoms with Crippen molar-refractivity contribution in [2.75, 3.05) is 13.2 Å². The monoisotopic (exact) mass is 879 g/mol. The predicted molar refractivity (Wildman–Crippen MR) is 247 cm³/mol. The molecule has 1 fully saturated rings. The Bertz CT molecular complexity index is 2430. The Balaban J connectivity index is 1.12. The number of alkyl carbamates (subject to hydrolysis) is 1. The molecule has 6 aromatic rings. The van der Waals surface area contributed by atoms with Crippen LogP contribution in [0.5, 0.6) is 0 Å². The van der Waals surface area contributed by atoms with E-state index in [1.807, 2.05) is 97.1 Å². The van der Waals surface area contributed by atoms with Gasteiger partial charge < -0.3 is 19.5 Å². The van der Waals surface area contributed by atoms with Crippen molar-refractivity contribution in [3.05, 3.63) is 202 Å². The lowest BCUT2D eigenvalue weighted by molar-refractivity contribution is -0.163. The van der Waals surface area contributed by atoms with Gasteiger partial charge in [-0.1, -0.05) is 184 Å². The summed E-state index contributed by atoms with van der Waals surface area (Å²) in [7, 11) is 0. The molecule has 0 heterocycles. The Kier molecular flexibility index (Phi) is 13.9. The van der Waals surface area contributed by atoms with E-state index in [1.54, 1.807) is 13.8 Å². The number of nitrogens with one attached hydrogen (secondary N) is 1. The Morgan fingerprint density at radius 2 is 1.05 bits per heavy atom. The number of hydrogen-bond donors (Lipinski definition) is 1. The van der Waals surface area contributed by atoms with Gasteiger partial charge in [0.05, 0.1) is 12.2 Å². The summed E-state index contributed by atoms with van der Waals surface area (Å²) in [5.41, 5.74) is 4.80. The van der Waals surface area contributed by atoms with Gasteiger partial charge in [0.1, 0.15) is 17.8 Å². The van der Waals surface area contributed by atoms with Crippen molar-refractivity contribution in [2.45, 2.75) is 100 Å². The van der Waals surface area contributed by atoms with E-state index in [4.69, 9.17) is 14.2 Å². The second kappa shape index (κ2) is 19.9. The molecule has 2 aliphatic rings. The van der Waals surface area contributed by atoms with Crippen LogP contribution in [-0.4, -0.2) is 31.3 Å². The number of rotatable bonds is 13. The smallest absolute Gasteiger partial charge is 0.416 e. The van der Waals surface area contributed by atoms with E-state index in [2.05, 4.69) is 41.7 Å². The number of esters is 1. The van der Waals surface area contributed by atoms with E-state index < -0.39 is 41.0 Å².